The molecule has 0 aliphatic carbocycles. The summed E-state index contributed by atoms with van der Waals surface area (Å²) in [5, 5.41) is 5.72. The summed E-state index contributed by atoms with van der Waals surface area (Å²) in [7, 11) is 1.54. The van der Waals surface area contributed by atoms with Crippen LogP contribution in [0.15, 0.2) is 53.4 Å². The minimum atomic E-state index is -0.491. The number of carbonyl (C=O) groups is 3. The topological polar surface area (TPSA) is 84.5 Å². The standard InChI is InChI=1S/C18H17ClN2O4S/c1-20-18(24)12-2-6-14(7-3-12)21-16(22)10-25-17(23)11-26-15-8-4-13(19)5-9-15/h2-9H,10-11H2,1H3,(H,20,24)(H,21,22). The maximum Gasteiger partial charge on any atom is 0.316 e. The van der Waals surface area contributed by atoms with Gasteiger partial charge in [0.25, 0.3) is 11.8 Å². The number of esters is 1. The minimum Gasteiger partial charge on any atom is -0.455 e. The van der Waals surface area contributed by atoms with Crippen LogP contribution in [0.25, 0.3) is 0 Å². The molecule has 0 unspecified atom stereocenters. The summed E-state index contributed by atoms with van der Waals surface area (Å²) in [6.45, 7) is -0.378. The third-order valence-electron chi connectivity index (χ3n) is 3.19. The number of benzene rings is 2. The smallest absolute Gasteiger partial charge is 0.316 e. The molecular formula is C18H17ClN2O4S. The van der Waals surface area contributed by atoms with Gasteiger partial charge in [0.15, 0.2) is 6.61 Å². The number of hydrogen-bond donors (Lipinski definition) is 2. The molecule has 0 aromatic heterocycles. The highest BCUT2D eigenvalue weighted by Gasteiger charge is 2.09. The van der Waals surface area contributed by atoms with Gasteiger partial charge in [-0.3, -0.25) is 14.4 Å². The van der Waals surface area contributed by atoms with Gasteiger partial charge in [0, 0.05) is 28.2 Å². The molecule has 2 rings (SSSR count). The molecule has 6 nitrogen and oxygen atoms in total. The van der Waals surface area contributed by atoms with Crippen LogP contribution < -0.4 is 10.6 Å². The van der Waals surface area contributed by atoms with Crippen LogP contribution in [0.3, 0.4) is 0 Å². The van der Waals surface area contributed by atoms with Crippen LogP contribution in [0, 0.1) is 0 Å². The number of hydrogen-bond acceptors (Lipinski definition) is 5. The second-order valence-electron chi connectivity index (χ2n) is 5.11. The number of thioether (sulfide) groups is 1. The molecule has 0 aliphatic heterocycles. The molecule has 0 spiro atoms. The van der Waals surface area contributed by atoms with Crippen molar-refractivity contribution >= 4 is 46.8 Å². The molecule has 2 aromatic rings. The minimum absolute atomic E-state index is 0.0930. The van der Waals surface area contributed by atoms with Gasteiger partial charge in [-0.25, -0.2) is 0 Å². The van der Waals surface area contributed by atoms with Gasteiger partial charge in [0.1, 0.15) is 0 Å². The predicted octanol–water partition coefficient (Wildman–Crippen LogP) is 2.97. The summed E-state index contributed by atoms with van der Waals surface area (Å²) in [6, 6.07) is 13.4. The zero-order valence-corrected chi connectivity index (χ0v) is 15.5. The quantitative estimate of drug-likeness (QED) is 0.559. The van der Waals surface area contributed by atoms with E-state index in [9.17, 15) is 14.4 Å². The monoisotopic (exact) mass is 392 g/mol. The van der Waals surface area contributed by atoms with Crippen molar-refractivity contribution in [3.8, 4) is 0 Å². The third kappa shape index (κ3) is 6.42. The van der Waals surface area contributed by atoms with Crippen molar-refractivity contribution < 1.29 is 19.1 Å². The summed E-state index contributed by atoms with van der Waals surface area (Å²) < 4.78 is 4.94. The summed E-state index contributed by atoms with van der Waals surface area (Å²) in [5.74, 6) is -1.07. The summed E-state index contributed by atoms with van der Waals surface area (Å²) >= 11 is 7.09. The highest BCUT2D eigenvalue weighted by Crippen LogP contribution is 2.20. The van der Waals surface area contributed by atoms with Gasteiger partial charge in [0.05, 0.1) is 5.75 Å². The SMILES string of the molecule is CNC(=O)c1ccc(NC(=O)COC(=O)CSc2ccc(Cl)cc2)cc1. The van der Waals surface area contributed by atoms with Gasteiger partial charge >= 0.3 is 5.97 Å². The van der Waals surface area contributed by atoms with E-state index in [-0.39, 0.29) is 18.3 Å². The molecule has 26 heavy (non-hydrogen) atoms. The van der Waals surface area contributed by atoms with E-state index in [1.165, 1.54) is 18.8 Å². The Kier molecular flexibility index (Phi) is 7.50. The molecule has 8 heteroatoms. The number of anilines is 1. The van der Waals surface area contributed by atoms with Gasteiger partial charge in [-0.05, 0) is 48.5 Å². The van der Waals surface area contributed by atoms with E-state index >= 15 is 0 Å². The second-order valence-corrected chi connectivity index (χ2v) is 6.59. The summed E-state index contributed by atoms with van der Waals surface area (Å²) in [6.07, 6.45) is 0. The lowest BCUT2D eigenvalue weighted by Crippen LogP contribution is -2.22. The zero-order chi connectivity index (χ0) is 18.9. The van der Waals surface area contributed by atoms with Crippen LogP contribution in [0.1, 0.15) is 10.4 Å². The van der Waals surface area contributed by atoms with Gasteiger partial charge in [-0.2, -0.15) is 0 Å². The molecule has 2 amide bonds. The van der Waals surface area contributed by atoms with Crippen molar-refractivity contribution in [2.75, 3.05) is 24.7 Å². The number of nitrogens with one attached hydrogen (secondary N) is 2. The first-order chi connectivity index (χ1) is 12.5. The molecule has 0 atom stereocenters. The number of halogens is 1. The van der Waals surface area contributed by atoms with Gasteiger partial charge in [-0.15, -0.1) is 11.8 Å². The molecule has 0 aliphatic rings. The van der Waals surface area contributed by atoms with Crippen LogP contribution in [0.5, 0.6) is 0 Å². The number of amides is 2. The molecule has 0 radical (unpaired) electrons. The average Bonchev–Trinajstić information content (AvgIpc) is 2.66. The Bertz CT molecular complexity index is 779. The lowest BCUT2D eigenvalue weighted by Gasteiger charge is -2.07. The van der Waals surface area contributed by atoms with Crippen molar-refractivity contribution in [2.24, 2.45) is 0 Å². The Balaban J connectivity index is 1.73. The second kappa shape index (κ2) is 9.84. The first-order valence-corrected chi connectivity index (χ1v) is 9.00. The molecular weight excluding hydrogens is 376 g/mol. The number of carbonyl (C=O) groups excluding carboxylic acids is 3. The van der Waals surface area contributed by atoms with Crippen molar-refractivity contribution in [2.45, 2.75) is 4.90 Å². The Morgan fingerprint density at radius 3 is 2.31 bits per heavy atom. The fourth-order valence-electron chi connectivity index (χ4n) is 1.91. The van der Waals surface area contributed by atoms with Crippen LogP contribution in [-0.4, -0.2) is 37.2 Å². The Morgan fingerprint density at radius 1 is 1.04 bits per heavy atom. The highest BCUT2D eigenvalue weighted by atomic mass is 35.5. The van der Waals surface area contributed by atoms with Crippen molar-refractivity contribution in [1.82, 2.24) is 5.32 Å². The van der Waals surface area contributed by atoms with E-state index in [4.69, 9.17) is 16.3 Å². The lowest BCUT2D eigenvalue weighted by atomic mass is 10.2. The van der Waals surface area contributed by atoms with E-state index in [1.807, 2.05) is 0 Å². The van der Waals surface area contributed by atoms with Gasteiger partial charge in [-0.1, -0.05) is 11.6 Å². The third-order valence-corrected chi connectivity index (χ3v) is 4.43. The molecule has 136 valence electrons. The number of ether oxygens (including phenoxy) is 1. The van der Waals surface area contributed by atoms with Gasteiger partial charge < -0.3 is 15.4 Å². The predicted molar refractivity (Wildman–Crippen MR) is 102 cm³/mol. The Hall–Kier alpha value is -2.51. The maximum absolute atomic E-state index is 11.8. The fraction of sp³-hybridized carbons (Fsp3) is 0.167. The van der Waals surface area contributed by atoms with Crippen LogP contribution in [0.4, 0.5) is 5.69 Å². The van der Waals surface area contributed by atoms with E-state index in [0.717, 1.165) is 4.90 Å². The molecule has 0 bridgehead atoms. The van der Waals surface area contributed by atoms with Gasteiger partial charge in [0.2, 0.25) is 0 Å². The van der Waals surface area contributed by atoms with Crippen molar-refractivity contribution in [3.63, 3.8) is 0 Å². The summed E-state index contributed by atoms with van der Waals surface area (Å²) in [5.41, 5.74) is 0.991. The van der Waals surface area contributed by atoms with Crippen LogP contribution in [-0.2, 0) is 14.3 Å². The highest BCUT2D eigenvalue weighted by molar-refractivity contribution is 8.00. The Morgan fingerprint density at radius 2 is 1.69 bits per heavy atom. The van der Waals surface area contributed by atoms with Crippen molar-refractivity contribution in [3.05, 3.63) is 59.1 Å². The molecule has 0 saturated carbocycles. The normalized spacial score (nSPS) is 10.1. The van der Waals surface area contributed by atoms with Crippen LogP contribution in [0.2, 0.25) is 5.02 Å². The molecule has 2 aromatic carbocycles. The molecule has 0 saturated heterocycles. The average molecular weight is 393 g/mol. The van der Waals surface area contributed by atoms with E-state index in [1.54, 1.807) is 48.5 Å². The van der Waals surface area contributed by atoms with E-state index < -0.39 is 11.9 Å². The molecule has 0 fully saturated rings. The first-order valence-electron chi connectivity index (χ1n) is 7.64. The Labute approximate surface area is 160 Å². The van der Waals surface area contributed by atoms with E-state index in [0.29, 0.717) is 16.3 Å². The fourth-order valence-corrected chi connectivity index (χ4v) is 2.73. The first kappa shape index (κ1) is 19.8. The van der Waals surface area contributed by atoms with Crippen molar-refractivity contribution in [1.29, 1.82) is 0 Å². The van der Waals surface area contributed by atoms with Crippen LogP contribution >= 0.6 is 23.4 Å². The number of rotatable bonds is 7. The summed E-state index contributed by atoms with van der Waals surface area (Å²) in [4.78, 5) is 35.8. The zero-order valence-electron chi connectivity index (χ0n) is 14.0. The van der Waals surface area contributed by atoms with E-state index in [2.05, 4.69) is 10.6 Å². The molecule has 0 heterocycles. The molecule has 2 N–H and O–H groups in total. The lowest BCUT2D eigenvalue weighted by molar-refractivity contribution is -0.144. The maximum atomic E-state index is 11.8. The largest absolute Gasteiger partial charge is 0.455 e.